The molecule has 4 heteroatoms. The van der Waals surface area contributed by atoms with Crippen LogP contribution in [0.25, 0.3) is 0 Å². The lowest BCUT2D eigenvalue weighted by Crippen LogP contribution is -2.38. The summed E-state index contributed by atoms with van der Waals surface area (Å²) in [5.41, 5.74) is 0.302. The Morgan fingerprint density at radius 1 is 1.47 bits per heavy atom. The third-order valence-electron chi connectivity index (χ3n) is 2.42. The fourth-order valence-corrected chi connectivity index (χ4v) is 1.33. The molecule has 1 aliphatic rings. The number of carbonyl (C=O) groups is 1. The van der Waals surface area contributed by atoms with E-state index in [0.29, 0.717) is 5.69 Å². The number of halogens is 1. The second-order valence-corrected chi connectivity index (χ2v) is 3.73. The number of carbonyl (C=O) groups excluding carboxylic acids is 1. The minimum absolute atomic E-state index is 0.248. The molecule has 0 atom stereocenters. The quantitative estimate of drug-likeness (QED) is 0.793. The van der Waals surface area contributed by atoms with Gasteiger partial charge in [0.1, 0.15) is 5.82 Å². The maximum absolute atomic E-state index is 13.3. The molecule has 0 aromatic heterocycles. The van der Waals surface area contributed by atoms with Gasteiger partial charge in [0.2, 0.25) is 0 Å². The molecule has 1 aromatic rings. The number of nitrogens with one attached hydrogen (secondary N) is 1. The molecule has 2 amide bonds. The first-order valence-corrected chi connectivity index (χ1v) is 4.97. The first-order valence-electron chi connectivity index (χ1n) is 4.97. The molecule has 1 fully saturated rings. The minimum Gasteiger partial charge on any atom is -0.335 e. The fourth-order valence-electron chi connectivity index (χ4n) is 1.33. The lowest BCUT2D eigenvalue weighted by Gasteiger charge is -2.18. The number of hydrogen-bond acceptors (Lipinski definition) is 1. The SMILES string of the molecule is CN(C(=O)NC1CC1)c1ccccc1F. The van der Waals surface area contributed by atoms with Crippen LogP contribution in [-0.4, -0.2) is 19.1 Å². The molecule has 15 heavy (non-hydrogen) atoms. The molecule has 0 bridgehead atoms. The van der Waals surface area contributed by atoms with Gasteiger partial charge in [-0.2, -0.15) is 0 Å². The molecule has 1 aromatic carbocycles. The smallest absolute Gasteiger partial charge is 0.321 e. The van der Waals surface area contributed by atoms with Crippen molar-refractivity contribution in [1.29, 1.82) is 0 Å². The van der Waals surface area contributed by atoms with Gasteiger partial charge in [-0.05, 0) is 25.0 Å². The summed E-state index contributed by atoms with van der Waals surface area (Å²) in [6.07, 6.45) is 2.05. The molecule has 0 aliphatic heterocycles. The number of urea groups is 1. The van der Waals surface area contributed by atoms with E-state index < -0.39 is 0 Å². The van der Waals surface area contributed by atoms with Gasteiger partial charge in [0.15, 0.2) is 0 Å². The summed E-state index contributed by atoms with van der Waals surface area (Å²) < 4.78 is 13.3. The second kappa shape index (κ2) is 3.88. The Balaban J connectivity index is 2.08. The second-order valence-electron chi connectivity index (χ2n) is 3.73. The summed E-state index contributed by atoms with van der Waals surface area (Å²) in [5.74, 6) is -0.383. The fraction of sp³-hybridized carbons (Fsp3) is 0.364. The molecule has 0 heterocycles. The zero-order chi connectivity index (χ0) is 10.8. The van der Waals surface area contributed by atoms with Crippen molar-refractivity contribution in [2.75, 3.05) is 11.9 Å². The van der Waals surface area contributed by atoms with Crippen molar-refractivity contribution in [3.8, 4) is 0 Å². The molecule has 2 rings (SSSR count). The predicted octanol–water partition coefficient (Wildman–Crippen LogP) is 2.13. The highest BCUT2D eigenvalue weighted by Crippen LogP contribution is 2.21. The number of rotatable bonds is 2. The Labute approximate surface area is 87.9 Å². The van der Waals surface area contributed by atoms with Gasteiger partial charge in [0, 0.05) is 13.1 Å². The first kappa shape index (κ1) is 9.96. The lowest BCUT2D eigenvalue weighted by atomic mass is 10.3. The van der Waals surface area contributed by atoms with E-state index >= 15 is 0 Å². The summed E-state index contributed by atoms with van der Waals surface area (Å²) in [6, 6.07) is 6.28. The van der Waals surface area contributed by atoms with Crippen LogP contribution in [-0.2, 0) is 0 Å². The number of nitrogens with zero attached hydrogens (tertiary/aromatic N) is 1. The number of para-hydroxylation sites is 1. The van der Waals surface area contributed by atoms with Gasteiger partial charge in [-0.3, -0.25) is 4.90 Å². The van der Waals surface area contributed by atoms with Crippen molar-refractivity contribution in [2.24, 2.45) is 0 Å². The lowest BCUT2D eigenvalue weighted by molar-refractivity contribution is 0.247. The van der Waals surface area contributed by atoms with Crippen molar-refractivity contribution in [3.63, 3.8) is 0 Å². The Hall–Kier alpha value is -1.58. The van der Waals surface area contributed by atoms with Crippen LogP contribution < -0.4 is 10.2 Å². The molecule has 0 spiro atoms. The van der Waals surface area contributed by atoms with Crippen LogP contribution in [0.4, 0.5) is 14.9 Å². The molecular formula is C11H13FN2O. The van der Waals surface area contributed by atoms with E-state index in [1.165, 1.54) is 11.0 Å². The van der Waals surface area contributed by atoms with Crippen molar-refractivity contribution in [1.82, 2.24) is 5.32 Å². The van der Waals surface area contributed by atoms with E-state index in [-0.39, 0.29) is 17.9 Å². The van der Waals surface area contributed by atoms with Crippen molar-refractivity contribution < 1.29 is 9.18 Å². The van der Waals surface area contributed by atoms with Gasteiger partial charge >= 0.3 is 6.03 Å². The van der Waals surface area contributed by atoms with Crippen LogP contribution in [0.15, 0.2) is 24.3 Å². The van der Waals surface area contributed by atoms with Crippen molar-refractivity contribution in [2.45, 2.75) is 18.9 Å². The maximum atomic E-state index is 13.3. The minimum atomic E-state index is -0.383. The molecule has 1 saturated carbocycles. The summed E-state index contributed by atoms with van der Waals surface area (Å²) in [6.45, 7) is 0. The molecule has 1 N–H and O–H groups in total. The third-order valence-corrected chi connectivity index (χ3v) is 2.42. The summed E-state index contributed by atoms with van der Waals surface area (Å²) in [7, 11) is 1.57. The summed E-state index contributed by atoms with van der Waals surface area (Å²) in [4.78, 5) is 12.9. The predicted molar refractivity (Wildman–Crippen MR) is 56.4 cm³/mol. The standard InChI is InChI=1S/C11H13FN2O/c1-14(11(15)13-8-6-7-8)10-5-3-2-4-9(10)12/h2-5,8H,6-7H2,1H3,(H,13,15). The molecule has 1 aliphatic carbocycles. The summed E-state index contributed by atoms with van der Waals surface area (Å²) >= 11 is 0. The molecular weight excluding hydrogens is 195 g/mol. The Morgan fingerprint density at radius 3 is 2.73 bits per heavy atom. The average Bonchev–Trinajstić information content (AvgIpc) is 3.01. The normalized spacial score (nSPS) is 14.8. The van der Waals surface area contributed by atoms with Crippen LogP contribution in [0.2, 0.25) is 0 Å². The van der Waals surface area contributed by atoms with Crippen molar-refractivity contribution in [3.05, 3.63) is 30.1 Å². The first-order chi connectivity index (χ1) is 7.18. The van der Waals surface area contributed by atoms with Crippen LogP contribution in [0, 0.1) is 5.82 Å². The largest absolute Gasteiger partial charge is 0.335 e. The van der Waals surface area contributed by atoms with Crippen molar-refractivity contribution >= 4 is 11.7 Å². The topological polar surface area (TPSA) is 32.3 Å². The van der Waals surface area contributed by atoms with Gasteiger partial charge in [-0.25, -0.2) is 9.18 Å². The Kier molecular flexibility index (Phi) is 2.58. The van der Waals surface area contributed by atoms with E-state index in [9.17, 15) is 9.18 Å². The molecule has 0 unspecified atom stereocenters. The highest BCUT2D eigenvalue weighted by molar-refractivity contribution is 5.91. The number of benzene rings is 1. The van der Waals surface area contributed by atoms with E-state index in [2.05, 4.69) is 5.32 Å². The third kappa shape index (κ3) is 2.26. The van der Waals surface area contributed by atoms with E-state index in [0.717, 1.165) is 12.8 Å². The van der Waals surface area contributed by atoms with E-state index in [1.54, 1.807) is 25.2 Å². The number of hydrogen-bond donors (Lipinski definition) is 1. The van der Waals surface area contributed by atoms with Crippen LogP contribution >= 0.6 is 0 Å². The average molecular weight is 208 g/mol. The van der Waals surface area contributed by atoms with Crippen LogP contribution in [0.1, 0.15) is 12.8 Å². The number of amides is 2. The van der Waals surface area contributed by atoms with Gasteiger partial charge in [-0.1, -0.05) is 12.1 Å². The number of anilines is 1. The zero-order valence-electron chi connectivity index (χ0n) is 8.53. The maximum Gasteiger partial charge on any atom is 0.321 e. The zero-order valence-corrected chi connectivity index (χ0v) is 8.53. The van der Waals surface area contributed by atoms with E-state index in [4.69, 9.17) is 0 Å². The highest BCUT2D eigenvalue weighted by atomic mass is 19.1. The Morgan fingerprint density at radius 2 is 2.13 bits per heavy atom. The molecule has 3 nitrogen and oxygen atoms in total. The highest BCUT2D eigenvalue weighted by Gasteiger charge is 2.25. The van der Waals surface area contributed by atoms with Gasteiger partial charge in [-0.15, -0.1) is 0 Å². The van der Waals surface area contributed by atoms with Crippen LogP contribution in [0.5, 0.6) is 0 Å². The molecule has 0 saturated heterocycles. The molecule has 80 valence electrons. The van der Waals surface area contributed by atoms with Gasteiger partial charge < -0.3 is 5.32 Å². The Bertz CT molecular complexity index is 377. The van der Waals surface area contributed by atoms with Gasteiger partial charge in [0.25, 0.3) is 0 Å². The monoisotopic (exact) mass is 208 g/mol. The van der Waals surface area contributed by atoms with Gasteiger partial charge in [0.05, 0.1) is 5.69 Å². The molecule has 0 radical (unpaired) electrons. The van der Waals surface area contributed by atoms with E-state index in [1.807, 2.05) is 0 Å². The van der Waals surface area contributed by atoms with Crippen LogP contribution in [0.3, 0.4) is 0 Å². The summed E-state index contributed by atoms with van der Waals surface area (Å²) in [5, 5.41) is 2.80.